The smallest absolute Gasteiger partial charge is 0.407 e. The molecule has 9 heteroatoms. The van der Waals surface area contributed by atoms with Crippen LogP contribution in [0.25, 0.3) is 0 Å². The Kier molecular flexibility index (Phi) is 5.71. The van der Waals surface area contributed by atoms with Crippen molar-refractivity contribution in [2.24, 2.45) is 0 Å². The molecule has 0 aliphatic heterocycles. The van der Waals surface area contributed by atoms with Gasteiger partial charge in [0.15, 0.2) is 5.82 Å². The molecule has 0 aromatic carbocycles. The average Bonchev–Trinajstić information content (AvgIpc) is 3.27. The Morgan fingerprint density at radius 3 is 2.79 bits per heavy atom. The molecule has 0 unspecified atom stereocenters. The van der Waals surface area contributed by atoms with Gasteiger partial charge in [0, 0.05) is 29.3 Å². The molecular formula is C19H27N5O4. The lowest BCUT2D eigenvalue weighted by molar-refractivity contribution is -0.115. The van der Waals surface area contributed by atoms with Gasteiger partial charge in [-0.05, 0) is 47.0 Å². The molecule has 2 aromatic rings. The number of H-pyrrole nitrogens is 1. The standard InChI is InChI=1S/C19H27N5O4/c1-11-7-14(28-24-11)9-17(25)20-16-10-15(22-23-16)12-5-6-13(8-12)27-18(26)21-19(2,3)4/h7,10,12-13H,5-6,8-9H2,1-4H3,(H,21,26)(H2,20,22,23,25)/t12-,13+/m0/s1. The third-order valence-corrected chi connectivity index (χ3v) is 4.45. The van der Waals surface area contributed by atoms with Crippen molar-refractivity contribution in [2.75, 3.05) is 5.32 Å². The first-order valence-corrected chi connectivity index (χ1v) is 9.44. The number of carbonyl (C=O) groups excluding carboxylic acids is 2. The zero-order valence-electron chi connectivity index (χ0n) is 16.7. The molecule has 9 nitrogen and oxygen atoms in total. The van der Waals surface area contributed by atoms with E-state index < -0.39 is 6.09 Å². The van der Waals surface area contributed by atoms with E-state index in [9.17, 15) is 9.59 Å². The van der Waals surface area contributed by atoms with E-state index >= 15 is 0 Å². The number of rotatable bonds is 5. The molecular weight excluding hydrogens is 362 g/mol. The Labute approximate surface area is 163 Å². The predicted octanol–water partition coefficient (Wildman–Crippen LogP) is 3.05. The van der Waals surface area contributed by atoms with E-state index in [1.165, 1.54) is 0 Å². The molecule has 0 radical (unpaired) electrons. The zero-order chi connectivity index (χ0) is 20.3. The van der Waals surface area contributed by atoms with Crippen LogP contribution in [0.5, 0.6) is 0 Å². The minimum Gasteiger partial charge on any atom is -0.446 e. The monoisotopic (exact) mass is 389 g/mol. The lowest BCUT2D eigenvalue weighted by atomic mass is 10.0. The SMILES string of the molecule is Cc1cc(CC(=O)Nc2cc([C@H]3CC[C@@H](OC(=O)NC(C)(C)C)C3)[nH]n2)on1. The maximum atomic E-state index is 12.1. The molecule has 1 fully saturated rings. The Hall–Kier alpha value is -2.84. The molecule has 3 rings (SSSR count). The van der Waals surface area contributed by atoms with Crippen LogP contribution in [0.15, 0.2) is 16.7 Å². The molecule has 1 saturated carbocycles. The van der Waals surface area contributed by atoms with Crippen molar-refractivity contribution in [3.05, 3.63) is 29.3 Å². The predicted molar refractivity (Wildman–Crippen MR) is 102 cm³/mol. The number of nitrogens with one attached hydrogen (secondary N) is 3. The van der Waals surface area contributed by atoms with E-state index in [-0.39, 0.29) is 29.9 Å². The van der Waals surface area contributed by atoms with Crippen molar-refractivity contribution < 1.29 is 18.8 Å². The highest BCUT2D eigenvalue weighted by atomic mass is 16.6. The number of anilines is 1. The number of hydrogen-bond acceptors (Lipinski definition) is 6. The molecule has 1 aliphatic carbocycles. The van der Waals surface area contributed by atoms with E-state index in [1.54, 1.807) is 13.0 Å². The fourth-order valence-corrected chi connectivity index (χ4v) is 3.27. The fourth-order valence-electron chi connectivity index (χ4n) is 3.27. The maximum absolute atomic E-state index is 12.1. The Morgan fingerprint density at radius 2 is 2.11 bits per heavy atom. The quantitative estimate of drug-likeness (QED) is 0.722. The number of amides is 2. The number of aromatic nitrogens is 3. The summed E-state index contributed by atoms with van der Waals surface area (Å²) < 4.78 is 10.6. The minimum absolute atomic E-state index is 0.102. The van der Waals surface area contributed by atoms with Gasteiger partial charge in [0.25, 0.3) is 0 Å². The van der Waals surface area contributed by atoms with Crippen LogP contribution in [-0.4, -0.2) is 39.0 Å². The largest absolute Gasteiger partial charge is 0.446 e. The molecule has 0 saturated heterocycles. The normalized spacial score (nSPS) is 19.4. The van der Waals surface area contributed by atoms with Gasteiger partial charge >= 0.3 is 6.09 Å². The average molecular weight is 389 g/mol. The molecule has 2 atom stereocenters. The van der Waals surface area contributed by atoms with Crippen LogP contribution in [0, 0.1) is 6.92 Å². The summed E-state index contributed by atoms with van der Waals surface area (Å²) >= 11 is 0. The van der Waals surface area contributed by atoms with E-state index in [0.29, 0.717) is 11.6 Å². The van der Waals surface area contributed by atoms with Gasteiger partial charge in [0.2, 0.25) is 5.91 Å². The maximum Gasteiger partial charge on any atom is 0.407 e. The van der Waals surface area contributed by atoms with Crippen LogP contribution in [0.3, 0.4) is 0 Å². The second-order valence-corrected chi connectivity index (χ2v) is 8.28. The number of hydrogen-bond donors (Lipinski definition) is 3. The summed E-state index contributed by atoms with van der Waals surface area (Å²) in [6.07, 6.45) is 2.01. The summed E-state index contributed by atoms with van der Waals surface area (Å²) in [6, 6.07) is 3.55. The third kappa shape index (κ3) is 5.58. The fraction of sp³-hybridized carbons (Fsp3) is 0.579. The summed E-state index contributed by atoms with van der Waals surface area (Å²) in [5.41, 5.74) is 1.34. The zero-order valence-corrected chi connectivity index (χ0v) is 16.7. The molecule has 3 N–H and O–H groups in total. The molecule has 152 valence electrons. The van der Waals surface area contributed by atoms with Crippen LogP contribution in [0.2, 0.25) is 0 Å². The van der Waals surface area contributed by atoms with Crippen LogP contribution < -0.4 is 10.6 Å². The number of aryl methyl sites for hydroxylation is 1. The summed E-state index contributed by atoms with van der Waals surface area (Å²) in [4.78, 5) is 24.0. The second-order valence-electron chi connectivity index (χ2n) is 8.28. The lowest BCUT2D eigenvalue weighted by Crippen LogP contribution is -2.42. The van der Waals surface area contributed by atoms with Crippen LogP contribution >= 0.6 is 0 Å². The van der Waals surface area contributed by atoms with Gasteiger partial charge in [-0.15, -0.1) is 0 Å². The number of aromatic amines is 1. The first-order chi connectivity index (χ1) is 13.2. The lowest BCUT2D eigenvalue weighted by Gasteiger charge is -2.22. The Balaban J connectivity index is 1.49. The van der Waals surface area contributed by atoms with Gasteiger partial charge in [-0.25, -0.2) is 4.79 Å². The van der Waals surface area contributed by atoms with Crippen molar-refractivity contribution in [1.82, 2.24) is 20.7 Å². The van der Waals surface area contributed by atoms with Gasteiger partial charge in [-0.3, -0.25) is 9.89 Å². The van der Waals surface area contributed by atoms with Crippen molar-refractivity contribution in [2.45, 2.75) is 70.9 Å². The van der Waals surface area contributed by atoms with E-state index in [4.69, 9.17) is 9.26 Å². The molecule has 1 aliphatic rings. The third-order valence-electron chi connectivity index (χ3n) is 4.45. The van der Waals surface area contributed by atoms with Crippen molar-refractivity contribution >= 4 is 17.8 Å². The Bertz CT molecular complexity index is 835. The van der Waals surface area contributed by atoms with E-state index in [2.05, 4.69) is 26.0 Å². The number of carbonyl (C=O) groups is 2. The van der Waals surface area contributed by atoms with Crippen LogP contribution in [-0.2, 0) is 16.0 Å². The molecule has 2 amide bonds. The summed E-state index contributed by atoms with van der Waals surface area (Å²) in [5, 5.41) is 16.5. The summed E-state index contributed by atoms with van der Waals surface area (Å²) in [6.45, 7) is 7.54. The van der Waals surface area contributed by atoms with Crippen molar-refractivity contribution in [3.63, 3.8) is 0 Å². The van der Waals surface area contributed by atoms with E-state index in [1.807, 2.05) is 26.8 Å². The molecule has 2 heterocycles. The number of ether oxygens (including phenoxy) is 1. The molecule has 0 spiro atoms. The molecule has 28 heavy (non-hydrogen) atoms. The van der Waals surface area contributed by atoms with Crippen LogP contribution in [0.4, 0.5) is 10.6 Å². The Morgan fingerprint density at radius 1 is 1.32 bits per heavy atom. The van der Waals surface area contributed by atoms with E-state index in [0.717, 1.165) is 30.7 Å². The first-order valence-electron chi connectivity index (χ1n) is 9.44. The number of nitrogens with zero attached hydrogens (tertiary/aromatic N) is 2. The number of alkyl carbamates (subject to hydrolysis) is 1. The van der Waals surface area contributed by atoms with Gasteiger partial charge in [-0.1, -0.05) is 5.16 Å². The van der Waals surface area contributed by atoms with Crippen molar-refractivity contribution in [1.29, 1.82) is 0 Å². The first kappa shape index (κ1) is 19.9. The second kappa shape index (κ2) is 8.04. The van der Waals surface area contributed by atoms with Crippen molar-refractivity contribution in [3.8, 4) is 0 Å². The molecule has 2 aromatic heterocycles. The highest BCUT2D eigenvalue weighted by Crippen LogP contribution is 2.35. The highest BCUT2D eigenvalue weighted by molar-refractivity contribution is 5.91. The summed E-state index contributed by atoms with van der Waals surface area (Å²) in [5.74, 6) is 0.962. The molecule has 0 bridgehead atoms. The van der Waals surface area contributed by atoms with Gasteiger partial charge < -0.3 is 19.9 Å². The minimum atomic E-state index is -0.390. The van der Waals surface area contributed by atoms with Crippen LogP contribution in [0.1, 0.15) is 63.1 Å². The highest BCUT2D eigenvalue weighted by Gasteiger charge is 2.30. The van der Waals surface area contributed by atoms with Gasteiger partial charge in [-0.2, -0.15) is 5.10 Å². The van der Waals surface area contributed by atoms with Gasteiger partial charge in [0.1, 0.15) is 11.9 Å². The van der Waals surface area contributed by atoms with Gasteiger partial charge in [0.05, 0.1) is 12.1 Å². The summed E-state index contributed by atoms with van der Waals surface area (Å²) in [7, 11) is 0. The topological polar surface area (TPSA) is 122 Å².